The highest BCUT2D eigenvalue weighted by atomic mass is 79.9. The van der Waals surface area contributed by atoms with Gasteiger partial charge in [0.05, 0.1) is 18.2 Å². The van der Waals surface area contributed by atoms with E-state index in [1.807, 2.05) is 36.4 Å². The number of rotatable bonds is 2. The monoisotopic (exact) mass is 338 g/mol. The summed E-state index contributed by atoms with van der Waals surface area (Å²) in [5.41, 5.74) is 1.59. The van der Waals surface area contributed by atoms with Crippen LogP contribution in [0.3, 0.4) is 0 Å². The normalized spacial score (nSPS) is 10.5. The minimum atomic E-state index is -0.0156. The van der Waals surface area contributed by atoms with Gasteiger partial charge in [-0.15, -0.1) is 0 Å². The summed E-state index contributed by atoms with van der Waals surface area (Å²) in [6.07, 6.45) is 1.80. The number of nitriles is 1. The first kappa shape index (κ1) is 13.6. The van der Waals surface area contributed by atoms with Gasteiger partial charge in [-0.1, -0.05) is 34.1 Å². The first-order chi connectivity index (χ1) is 10.2. The first-order valence-corrected chi connectivity index (χ1v) is 7.24. The van der Waals surface area contributed by atoms with E-state index in [9.17, 15) is 4.79 Å². The average Bonchev–Trinajstić information content (AvgIpc) is 2.51. The molecule has 2 aromatic carbocycles. The summed E-state index contributed by atoms with van der Waals surface area (Å²) in [6.45, 7) is 0.493. The highest BCUT2D eigenvalue weighted by Gasteiger charge is 2.04. The summed E-state index contributed by atoms with van der Waals surface area (Å²) in [5, 5.41) is 10.4. The molecule has 0 bridgehead atoms. The van der Waals surface area contributed by atoms with Gasteiger partial charge in [0, 0.05) is 16.1 Å². The van der Waals surface area contributed by atoms with Crippen molar-refractivity contribution in [2.45, 2.75) is 6.54 Å². The lowest BCUT2D eigenvalue weighted by Crippen LogP contribution is -2.20. The number of fused-ring (bicyclic) bond motifs is 1. The van der Waals surface area contributed by atoms with Crippen molar-refractivity contribution in [3.8, 4) is 6.07 Å². The molecular formula is C17H11BrN2O. The molecule has 3 nitrogen and oxygen atoms in total. The predicted octanol–water partition coefficient (Wildman–Crippen LogP) is 3.68. The van der Waals surface area contributed by atoms with Gasteiger partial charge in [0.1, 0.15) is 0 Å². The van der Waals surface area contributed by atoms with Crippen LogP contribution < -0.4 is 5.56 Å². The molecule has 0 aliphatic rings. The van der Waals surface area contributed by atoms with E-state index < -0.39 is 0 Å². The van der Waals surface area contributed by atoms with Crippen LogP contribution >= 0.6 is 15.9 Å². The summed E-state index contributed by atoms with van der Waals surface area (Å²) < 4.78 is 2.57. The van der Waals surface area contributed by atoms with Gasteiger partial charge in [0.2, 0.25) is 0 Å². The van der Waals surface area contributed by atoms with Crippen molar-refractivity contribution in [1.82, 2.24) is 4.57 Å². The summed E-state index contributed by atoms with van der Waals surface area (Å²) in [5.74, 6) is 0. The van der Waals surface area contributed by atoms with Crippen molar-refractivity contribution in [2.24, 2.45) is 0 Å². The number of aromatic nitrogens is 1. The van der Waals surface area contributed by atoms with E-state index >= 15 is 0 Å². The van der Waals surface area contributed by atoms with Gasteiger partial charge in [0.25, 0.3) is 5.56 Å². The fourth-order valence-electron chi connectivity index (χ4n) is 2.26. The first-order valence-electron chi connectivity index (χ1n) is 6.45. The number of hydrogen-bond acceptors (Lipinski definition) is 2. The molecular weight excluding hydrogens is 328 g/mol. The van der Waals surface area contributed by atoms with Gasteiger partial charge >= 0.3 is 0 Å². The Kier molecular flexibility index (Phi) is 3.59. The molecule has 0 saturated carbocycles. The molecule has 0 spiro atoms. The molecule has 0 aliphatic heterocycles. The van der Waals surface area contributed by atoms with Crippen LogP contribution in [0, 0.1) is 11.3 Å². The number of pyridine rings is 1. The SMILES string of the molecule is N#Cc1ccc(Cn2ccc3ccc(Br)cc3c2=O)cc1. The molecule has 4 heteroatoms. The van der Waals surface area contributed by atoms with Crippen molar-refractivity contribution < 1.29 is 0 Å². The Bertz CT molecular complexity index is 905. The second kappa shape index (κ2) is 5.55. The third-order valence-electron chi connectivity index (χ3n) is 3.38. The molecule has 0 N–H and O–H groups in total. The lowest BCUT2D eigenvalue weighted by atomic mass is 10.1. The summed E-state index contributed by atoms with van der Waals surface area (Å²) in [4.78, 5) is 12.5. The van der Waals surface area contributed by atoms with Gasteiger partial charge < -0.3 is 4.57 Å². The van der Waals surface area contributed by atoms with Crippen LogP contribution in [-0.2, 0) is 6.54 Å². The molecule has 21 heavy (non-hydrogen) atoms. The third kappa shape index (κ3) is 2.74. The van der Waals surface area contributed by atoms with Gasteiger partial charge in [-0.05, 0) is 41.3 Å². The topological polar surface area (TPSA) is 45.8 Å². The number of halogens is 1. The zero-order valence-corrected chi connectivity index (χ0v) is 12.7. The van der Waals surface area contributed by atoms with Crippen molar-refractivity contribution in [1.29, 1.82) is 5.26 Å². The average molecular weight is 339 g/mol. The molecule has 3 aromatic rings. The van der Waals surface area contributed by atoms with E-state index in [0.717, 1.165) is 15.4 Å². The summed E-state index contributed by atoms with van der Waals surface area (Å²) >= 11 is 3.40. The molecule has 0 amide bonds. The number of nitrogens with zero attached hydrogens (tertiary/aromatic N) is 2. The lowest BCUT2D eigenvalue weighted by molar-refractivity contribution is 0.768. The standard InChI is InChI=1S/C17H11BrN2O/c18-15-6-5-14-7-8-20(17(21)16(14)9-15)11-13-3-1-12(10-19)2-4-13/h1-9H,11H2. The Balaban J connectivity index is 2.02. The lowest BCUT2D eigenvalue weighted by Gasteiger charge is -2.08. The van der Waals surface area contributed by atoms with E-state index in [4.69, 9.17) is 5.26 Å². The molecule has 1 aromatic heterocycles. The second-order valence-corrected chi connectivity index (χ2v) is 5.70. The fourth-order valence-corrected chi connectivity index (χ4v) is 2.62. The highest BCUT2D eigenvalue weighted by Crippen LogP contribution is 2.16. The van der Waals surface area contributed by atoms with Crippen molar-refractivity contribution in [2.75, 3.05) is 0 Å². The largest absolute Gasteiger partial charge is 0.311 e. The molecule has 1 heterocycles. The second-order valence-electron chi connectivity index (χ2n) is 4.79. The summed E-state index contributed by atoms with van der Waals surface area (Å²) in [7, 11) is 0. The Morgan fingerprint density at radius 2 is 1.86 bits per heavy atom. The van der Waals surface area contributed by atoms with Gasteiger partial charge in [-0.25, -0.2) is 0 Å². The zero-order valence-electron chi connectivity index (χ0n) is 11.1. The van der Waals surface area contributed by atoms with Crippen LogP contribution in [0.5, 0.6) is 0 Å². The van der Waals surface area contributed by atoms with Crippen LogP contribution in [0.25, 0.3) is 10.8 Å². The minimum absolute atomic E-state index is 0.0156. The van der Waals surface area contributed by atoms with E-state index in [1.54, 1.807) is 22.9 Å². The van der Waals surface area contributed by atoms with Gasteiger partial charge in [-0.3, -0.25) is 4.79 Å². The van der Waals surface area contributed by atoms with E-state index in [-0.39, 0.29) is 5.56 Å². The molecule has 102 valence electrons. The molecule has 0 saturated heterocycles. The minimum Gasteiger partial charge on any atom is -0.311 e. The molecule has 0 radical (unpaired) electrons. The van der Waals surface area contributed by atoms with Gasteiger partial charge in [-0.2, -0.15) is 5.26 Å². The van der Waals surface area contributed by atoms with Crippen LogP contribution in [0.4, 0.5) is 0 Å². The van der Waals surface area contributed by atoms with Crippen molar-refractivity contribution in [3.63, 3.8) is 0 Å². The molecule has 0 fully saturated rings. The maximum Gasteiger partial charge on any atom is 0.258 e. The molecule has 0 atom stereocenters. The maximum absolute atomic E-state index is 12.5. The molecule has 0 unspecified atom stereocenters. The van der Waals surface area contributed by atoms with Crippen LogP contribution in [0.1, 0.15) is 11.1 Å². The smallest absolute Gasteiger partial charge is 0.258 e. The predicted molar refractivity (Wildman–Crippen MR) is 86.2 cm³/mol. The van der Waals surface area contributed by atoms with Gasteiger partial charge in [0.15, 0.2) is 0 Å². The third-order valence-corrected chi connectivity index (χ3v) is 3.87. The Morgan fingerprint density at radius 1 is 1.10 bits per heavy atom. The number of benzene rings is 2. The fraction of sp³-hybridized carbons (Fsp3) is 0.0588. The quantitative estimate of drug-likeness (QED) is 0.715. The van der Waals surface area contributed by atoms with E-state index in [0.29, 0.717) is 17.5 Å². The van der Waals surface area contributed by atoms with E-state index in [2.05, 4.69) is 22.0 Å². The zero-order chi connectivity index (χ0) is 14.8. The van der Waals surface area contributed by atoms with E-state index in [1.165, 1.54) is 0 Å². The summed E-state index contributed by atoms with van der Waals surface area (Å²) in [6, 6.07) is 17.0. The van der Waals surface area contributed by atoms with Crippen LogP contribution in [0.2, 0.25) is 0 Å². The highest BCUT2D eigenvalue weighted by molar-refractivity contribution is 9.10. The van der Waals surface area contributed by atoms with Crippen LogP contribution in [-0.4, -0.2) is 4.57 Å². The molecule has 0 aliphatic carbocycles. The Morgan fingerprint density at radius 3 is 2.57 bits per heavy atom. The number of hydrogen-bond donors (Lipinski definition) is 0. The maximum atomic E-state index is 12.5. The van der Waals surface area contributed by atoms with Crippen molar-refractivity contribution >= 4 is 26.7 Å². The molecule has 3 rings (SSSR count). The Labute approximate surface area is 130 Å². The van der Waals surface area contributed by atoms with Crippen LogP contribution in [0.15, 0.2) is 64.0 Å². The Hall–Kier alpha value is -2.38. The van der Waals surface area contributed by atoms with Crippen molar-refractivity contribution in [3.05, 3.63) is 80.7 Å².